The van der Waals surface area contributed by atoms with E-state index in [0.29, 0.717) is 10.6 Å². The number of carbonyl (C=O) groups is 1. The van der Waals surface area contributed by atoms with Gasteiger partial charge in [0, 0.05) is 12.6 Å². The second-order valence-corrected chi connectivity index (χ2v) is 8.25. The van der Waals surface area contributed by atoms with E-state index in [1.165, 1.54) is 17.2 Å². The van der Waals surface area contributed by atoms with Crippen LogP contribution in [0.2, 0.25) is 0 Å². The third kappa shape index (κ3) is 5.64. The van der Waals surface area contributed by atoms with E-state index in [0.717, 1.165) is 17.0 Å². The number of carbonyl (C=O) groups excluding carboxylic acids is 1. The normalized spacial score (nSPS) is 11.6. The number of rotatable bonds is 6. The molecule has 3 aromatic rings. The first-order valence-electron chi connectivity index (χ1n) is 9.54. The van der Waals surface area contributed by atoms with Crippen LogP contribution in [0.5, 0.6) is 5.75 Å². The van der Waals surface area contributed by atoms with E-state index in [2.05, 4.69) is 53.5 Å². The molecule has 0 fully saturated rings. The Balaban J connectivity index is 1.68. The van der Waals surface area contributed by atoms with E-state index in [1.807, 2.05) is 36.4 Å². The van der Waals surface area contributed by atoms with Crippen molar-refractivity contribution in [1.82, 2.24) is 14.9 Å². The molecule has 30 heavy (non-hydrogen) atoms. The lowest BCUT2D eigenvalue weighted by Gasteiger charge is -2.19. The van der Waals surface area contributed by atoms with Crippen LogP contribution in [0.1, 0.15) is 44.6 Å². The van der Waals surface area contributed by atoms with Crippen LogP contribution in [0.25, 0.3) is 0 Å². The molecule has 8 heteroatoms. The van der Waals surface area contributed by atoms with Crippen LogP contribution in [0.15, 0.2) is 53.6 Å². The SMILES string of the molecule is CC(=O)Nc1ccc(/C=N\n2c(COc3ccc(C(C)(C)C)cc3)n[nH]c2=S)cc1. The molecule has 0 aliphatic heterocycles. The van der Waals surface area contributed by atoms with Crippen LogP contribution < -0.4 is 10.1 Å². The summed E-state index contributed by atoms with van der Waals surface area (Å²) in [5.41, 5.74) is 2.92. The molecule has 0 bridgehead atoms. The van der Waals surface area contributed by atoms with E-state index in [4.69, 9.17) is 17.0 Å². The van der Waals surface area contributed by atoms with Crippen LogP contribution in [0.4, 0.5) is 5.69 Å². The Morgan fingerprint density at radius 1 is 1.20 bits per heavy atom. The Kier molecular flexibility index (Phi) is 6.47. The molecule has 1 heterocycles. The number of nitrogens with one attached hydrogen (secondary N) is 2. The van der Waals surface area contributed by atoms with Gasteiger partial charge in [-0.15, -0.1) is 0 Å². The quantitative estimate of drug-likeness (QED) is 0.446. The number of aromatic amines is 1. The second kappa shape index (κ2) is 9.04. The van der Waals surface area contributed by atoms with Gasteiger partial charge in [0.05, 0.1) is 6.21 Å². The average Bonchev–Trinajstić information content (AvgIpc) is 3.04. The first-order valence-corrected chi connectivity index (χ1v) is 9.95. The lowest BCUT2D eigenvalue weighted by atomic mass is 9.87. The number of aromatic nitrogens is 3. The third-order valence-electron chi connectivity index (χ3n) is 4.36. The van der Waals surface area contributed by atoms with Crippen molar-refractivity contribution >= 4 is 30.0 Å². The number of ether oxygens (including phenoxy) is 1. The Hall–Kier alpha value is -3.26. The monoisotopic (exact) mass is 423 g/mol. The predicted molar refractivity (Wildman–Crippen MR) is 121 cm³/mol. The van der Waals surface area contributed by atoms with Crippen LogP contribution in [-0.2, 0) is 16.8 Å². The van der Waals surface area contributed by atoms with Crippen molar-refractivity contribution in [2.24, 2.45) is 5.10 Å². The fourth-order valence-electron chi connectivity index (χ4n) is 2.72. The van der Waals surface area contributed by atoms with Crippen LogP contribution >= 0.6 is 12.2 Å². The molecule has 2 N–H and O–H groups in total. The fourth-order valence-corrected chi connectivity index (χ4v) is 2.91. The zero-order valence-electron chi connectivity index (χ0n) is 17.5. The molecule has 0 unspecified atom stereocenters. The number of nitrogens with zero attached hydrogens (tertiary/aromatic N) is 3. The van der Waals surface area contributed by atoms with Crippen molar-refractivity contribution in [2.75, 3.05) is 5.32 Å². The van der Waals surface area contributed by atoms with Gasteiger partial charge in [0.15, 0.2) is 5.82 Å². The van der Waals surface area contributed by atoms with E-state index in [1.54, 1.807) is 6.21 Å². The summed E-state index contributed by atoms with van der Waals surface area (Å²) in [4.78, 5) is 11.1. The molecule has 3 rings (SSSR count). The van der Waals surface area contributed by atoms with E-state index in [9.17, 15) is 4.79 Å². The maximum atomic E-state index is 11.1. The molecular weight excluding hydrogens is 398 g/mol. The van der Waals surface area contributed by atoms with Gasteiger partial charge in [-0.1, -0.05) is 45.0 Å². The highest BCUT2D eigenvalue weighted by molar-refractivity contribution is 7.71. The minimum atomic E-state index is -0.112. The number of hydrogen-bond donors (Lipinski definition) is 2. The summed E-state index contributed by atoms with van der Waals surface area (Å²) in [5.74, 6) is 1.20. The summed E-state index contributed by atoms with van der Waals surface area (Å²) in [7, 11) is 0. The molecule has 0 spiro atoms. The van der Waals surface area contributed by atoms with Crippen molar-refractivity contribution in [3.8, 4) is 5.75 Å². The minimum Gasteiger partial charge on any atom is -0.486 e. The van der Waals surface area contributed by atoms with E-state index < -0.39 is 0 Å². The van der Waals surface area contributed by atoms with Gasteiger partial charge in [0.1, 0.15) is 12.4 Å². The fraction of sp³-hybridized carbons (Fsp3) is 0.273. The molecule has 0 aliphatic rings. The zero-order valence-corrected chi connectivity index (χ0v) is 18.3. The van der Waals surface area contributed by atoms with Gasteiger partial charge in [0.25, 0.3) is 0 Å². The van der Waals surface area contributed by atoms with Gasteiger partial charge >= 0.3 is 0 Å². The van der Waals surface area contributed by atoms with Crippen molar-refractivity contribution in [3.05, 3.63) is 70.3 Å². The number of anilines is 1. The minimum absolute atomic E-state index is 0.0933. The summed E-state index contributed by atoms with van der Waals surface area (Å²) in [6.07, 6.45) is 1.67. The molecule has 2 aromatic carbocycles. The van der Waals surface area contributed by atoms with E-state index in [-0.39, 0.29) is 17.9 Å². The zero-order chi connectivity index (χ0) is 21.7. The Morgan fingerprint density at radius 3 is 2.47 bits per heavy atom. The lowest BCUT2D eigenvalue weighted by Crippen LogP contribution is -2.10. The van der Waals surface area contributed by atoms with Gasteiger partial charge < -0.3 is 10.1 Å². The topological polar surface area (TPSA) is 84.3 Å². The highest BCUT2D eigenvalue weighted by atomic mass is 32.1. The van der Waals surface area contributed by atoms with Crippen molar-refractivity contribution in [3.63, 3.8) is 0 Å². The molecule has 0 atom stereocenters. The highest BCUT2D eigenvalue weighted by Crippen LogP contribution is 2.24. The number of benzene rings is 2. The molecule has 0 saturated carbocycles. The average molecular weight is 424 g/mol. The first kappa shape index (κ1) is 21.4. The van der Waals surface area contributed by atoms with Crippen LogP contribution in [-0.4, -0.2) is 27.0 Å². The maximum Gasteiger partial charge on any atom is 0.221 e. The van der Waals surface area contributed by atoms with Gasteiger partial charge in [0.2, 0.25) is 10.7 Å². The van der Waals surface area contributed by atoms with Gasteiger partial charge in [-0.25, -0.2) is 5.10 Å². The largest absolute Gasteiger partial charge is 0.486 e. The number of amides is 1. The predicted octanol–water partition coefficient (Wildman–Crippen LogP) is 4.66. The standard InChI is InChI=1S/C22H25N5O2S/c1-15(28)24-18-9-5-16(6-10-18)13-23-27-20(25-26-21(27)30)14-29-19-11-7-17(8-12-19)22(2,3)4/h5-13H,14H2,1-4H3,(H,24,28)(H,26,30)/b23-13-. The van der Waals surface area contributed by atoms with Crippen molar-refractivity contribution < 1.29 is 9.53 Å². The maximum absolute atomic E-state index is 11.1. The summed E-state index contributed by atoms with van der Waals surface area (Å²) in [6, 6.07) is 15.4. The molecule has 0 saturated heterocycles. The summed E-state index contributed by atoms with van der Waals surface area (Å²) in [5, 5.41) is 14.1. The van der Waals surface area contributed by atoms with Crippen molar-refractivity contribution in [2.45, 2.75) is 39.7 Å². The lowest BCUT2D eigenvalue weighted by molar-refractivity contribution is -0.114. The Bertz CT molecular complexity index is 1090. The second-order valence-electron chi connectivity index (χ2n) is 7.87. The smallest absolute Gasteiger partial charge is 0.221 e. The summed E-state index contributed by atoms with van der Waals surface area (Å²) >= 11 is 5.27. The molecule has 7 nitrogen and oxygen atoms in total. The van der Waals surface area contributed by atoms with Crippen molar-refractivity contribution in [1.29, 1.82) is 0 Å². The number of H-pyrrole nitrogens is 1. The highest BCUT2D eigenvalue weighted by Gasteiger charge is 2.13. The molecular formula is C22H25N5O2S. The number of hydrogen-bond acceptors (Lipinski definition) is 5. The van der Waals surface area contributed by atoms with Gasteiger partial charge in [-0.3, -0.25) is 4.79 Å². The summed E-state index contributed by atoms with van der Waals surface area (Å²) < 4.78 is 7.76. The van der Waals surface area contributed by atoms with Gasteiger partial charge in [-0.2, -0.15) is 14.9 Å². The molecule has 0 aliphatic carbocycles. The molecule has 156 valence electrons. The van der Waals surface area contributed by atoms with Gasteiger partial charge in [-0.05, 0) is 53.0 Å². The Labute approximate surface area is 180 Å². The third-order valence-corrected chi connectivity index (χ3v) is 4.62. The van der Waals surface area contributed by atoms with Crippen LogP contribution in [0, 0.1) is 4.77 Å². The molecule has 0 radical (unpaired) electrons. The summed E-state index contributed by atoms with van der Waals surface area (Å²) in [6.45, 7) is 8.21. The Morgan fingerprint density at radius 2 is 1.87 bits per heavy atom. The molecule has 1 amide bonds. The molecule has 1 aromatic heterocycles. The first-order chi connectivity index (χ1) is 14.2. The van der Waals surface area contributed by atoms with E-state index >= 15 is 0 Å². The van der Waals surface area contributed by atoms with Crippen LogP contribution in [0.3, 0.4) is 0 Å².